The molecule has 18 heteroatoms. The maximum absolute atomic E-state index is 10.6. The molecule has 0 radical (unpaired) electrons. The van der Waals surface area contributed by atoms with E-state index in [1.165, 1.54) is 0 Å². The van der Waals surface area contributed by atoms with Gasteiger partial charge in [-0.1, -0.05) is 23.2 Å². The smallest absolute Gasteiger partial charge is 0.490 e. The van der Waals surface area contributed by atoms with Crippen LogP contribution in [0.3, 0.4) is 0 Å². The van der Waals surface area contributed by atoms with E-state index in [1.807, 2.05) is 54.6 Å². The third-order valence-corrected chi connectivity index (χ3v) is 7.45. The highest BCUT2D eigenvalue weighted by Crippen LogP contribution is 2.45. The molecule has 5 N–H and O–H groups in total. The lowest BCUT2D eigenvalue weighted by Gasteiger charge is -2.30. The molecule has 2 aromatic heterocycles. The minimum Gasteiger partial charge on any atom is -0.508 e. The van der Waals surface area contributed by atoms with Gasteiger partial charge >= 0.3 is 24.3 Å². The quantitative estimate of drug-likeness (QED) is 0.0993. The summed E-state index contributed by atoms with van der Waals surface area (Å²) in [6.45, 7) is 0.862. The molecule has 0 fully saturated rings. The predicted octanol–water partition coefficient (Wildman–Crippen LogP) is 8.47. The van der Waals surface area contributed by atoms with E-state index in [1.54, 1.807) is 25.3 Å². The SMILES string of the molecule is COc1ccc2nc3cc(Cl)ccc3c(N(CCN)c3c4ccc(Cl)cc4nc4ccc(O)cc34)c2c1.O=C(O)C(F)(F)F.O=C(O)C(F)(F)F. The molecule has 0 atom stereocenters. The molecule has 0 saturated carbocycles. The molecule has 0 aliphatic carbocycles. The fourth-order valence-corrected chi connectivity index (χ4v) is 5.26. The summed E-state index contributed by atoms with van der Waals surface area (Å²) in [5.74, 6) is -4.65. The van der Waals surface area contributed by atoms with Crippen LogP contribution in [-0.2, 0) is 9.59 Å². The number of nitrogens with zero attached hydrogens (tertiary/aromatic N) is 3. The number of methoxy groups -OCH3 is 1. The van der Waals surface area contributed by atoms with E-state index in [9.17, 15) is 31.4 Å². The third-order valence-electron chi connectivity index (χ3n) is 6.98. The second-order valence-corrected chi connectivity index (χ2v) is 11.2. The Balaban J connectivity index is 0.000000353. The number of aliphatic carboxylic acids is 2. The molecule has 0 unspecified atom stereocenters. The number of alkyl halides is 6. The normalized spacial score (nSPS) is 11.5. The third kappa shape index (κ3) is 8.89. The molecule has 0 saturated heterocycles. The number of hydrogen-bond acceptors (Lipinski definition) is 8. The highest BCUT2D eigenvalue weighted by Gasteiger charge is 2.39. The number of phenolic OH excluding ortho intramolecular Hbond substituents is 1. The van der Waals surface area contributed by atoms with Crippen molar-refractivity contribution in [3.05, 3.63) is 82.8 Å². The summed E-state index contributed by atoms with van der Waals surface area (Å²) in [7, 11) is 1.64. The lowest BCUT2D eigenvalue weighted by molar-refractivity contribution is -0.193. The van der Waals surface area contributed by atoms with Crippen molar-refractivity contribution in [3.8, 4) is 11.5 Å². The molecule has 0 aliphatic heterocycles. The number of carboxylic acids is 2. The molecule has 0 amide bonds. The maximum Gasteiger partial charge on any atom is 0.490 e. The molecule has 51 heavy (non-hydrogen) atoms. The van der Waals surface area contributed by atoms with Crippen LogP contribution in [0, 0.1) is 0 Å². The van der Waals surface area contributed by atoms with Crippen LogP contribution in [-0.4, -0.2) is 69.8 Å². The number of nitrogens with two attached hydrogens (primary N) is 1. The maximum atomic E-state index is 10.6. The Labute approximate surface area is 293 Å². The van der Waals surface area contributed by atoms with E-state index >= 15 is 0 Å². The Morgan fingerprint density at radius 3 is 1.55 bits per heavy atom. The van der Waals surface area contributed by atoms with Crippen LogP contribution < -0.4 is 15.4 Å². The molecular weight excluding hydrogens is 733 g/mol. The fraction of sp³-hybridized carbons (Fsp3) is 0.152. The second-order valence-electron chi connectivity index (χ2n) is 10.4. The van der Waals surface area contributed by atoms with Gasteiger partial charge in [-0.3, -0.25) is 0 Å². The van der Waals surface area contributed by atoms with Crippen molar-refractivity contribution < 1.29 is 56.0 Å². The first kappa shape index (κ1) is 38.5. The van der Waals surface area contributed by atoms with Crippen molar-refractivity contribution >= 4 is 90.1 Å². The lowest BCUT2D eigenvalue weighted by atomic mass is 10.0. The van der Waals surface area contributed by atoms with Crippen LogP contribution in [0.25, 0.3) is 43.6 Å². The lowest BCUT2D eigenvalue weighted by Crippen LogP contribution is -2.26. The van der Waals surface area contributed by atoms with Gasteiger partial charge in [0.15, 0.2) is 0 Å². The number of aromatic nitrogens is 2. The number of rotatable bonds is 5. The Hall–Kier alpha value is -5.32. The Morgan fingerprint density at radius 1 is 0.706 bits per heavy atom. The molecule has 268 valence electrons. The second kappa shape index (κ2) is 15.3. The Morgan fingerprint density at radius 2 is 1.14 bits per heavy atom. The zero-order valence-electron chi connectivity index (χ0n) is 25.9. The summed E-state index contributed by atoms with van der Waals surface area (Å²) < 4.78 is 69.0. The van der Waals surface area contributed by atoms with Crippen LogP contribution in [0.5, 0.6) is 11.5 Å². The van der Waals surface area contributed by atoms with Gasteiger partial charge in [0.25, 0.3) is 0 Å². The number of fused-ring (bicyclic) bond motifs is 4. The summed E-state index contributed by atoms with van der Waals surface area (Å²) in [6, 6.07) is 22.3. The van der Waals surface area contributed by atoms with E-state index in [4.69, 9.17) is 63.4 Å². The zero-order chi connectivity index (χ0) is 37.8. The largest absolute Gasteiger partial charge is 0.508 e. The number of ether oxygens (including phenoxy) is 1. The molecule has 6 rings (SSSR count). The van der Waals surface area contributed by atoms with Crippen LogP contribution in [0.2, 0.25) is 10.0 Å². The van der Waals surface area contributed by atoms with Gasteiger partial charge < -0.3 is 30.7 Å². The average molecular weight is 757 g/mol. The van der Waals surface area contributed by atoms with Crippen LogP contribution >= 0.6 is 23.2 Å². The molecule has 4 aromatic carbocycles. The van der Waals surface area contributed by atoms with Gasteiger partial charge in [0, 0.05) is 44.7 Å². The number of halogens is 8. The average Bonchev–Trinajstić information content (AvgIpc) is 3.05. The van der Waals surface area contributed by atoms with E-state index in [0.717, 1.165) is 55.0 Å². The number of hydrogen-bond donors (Lipinski definition) is 4. The van der Waals surface area contributed by atoms with Crippen LogP contribution in [0.4, 0.5) is 37.7 Å². The number of benzene rings is 4. The first-order valence-corrected chi connectivity index (χ1v) is 15.0. The van der Waals surface area contributed by atoms with Crippen molar-refractivity contribution in [2.75, 3.05) is 25.1 Å². The Kier molecular flexibility index (Phi) is 11.5. The molecule has 10 nitrogen and oxygen atoms in total. The number of pyridine rings is 2. The van der Waals surface area contributed by atoms with Gasteiger partial charge in [-0.15, -0.1) is 0 Å². The molecule has 0 aliphatic rings. The summed E-state index contributed by atoms with van der Waals surface area (Å²) in [5, 5.41) is 29.4. The standard InChI is InChI=1S/C29H22Cl2N4O2.2C2HF3O2/c1-37-19-5-9-25-23(15-19)29(21-7-3-17(31)13-27(21)34-25)35(11-10-32)28-20-6-2-16(30)12-26(20)33-24-8-4-18(36)14-22(24)28;2*3-2(4,5)1(6)7/h2-9,12-15,36H,10-11,32H2,1H3;2*(H,6,7). The Bertz CT molecular complexity index is 2250. The van der Waals surface area contributed by atoms with E-state index in [-0.39, 0.29) is 5.75 Å². The zero-order valence-corrected chi connectivity index (χ0v) is 27.4. The van der Waals surface area contributed by atoms with Gasteiger partial charge in [-0.05, 0) is 72.8 Å². The summed E-state index contributed by atoms with van der Waals surface area (Å²) >= 11 is 12.7. The fourth-order valence-electron chi connectivity index (χ4n) is 4.93. The number of aromatic hydroxyl groups is 1. The van der Waals surface area contributed by atoms with Crippen molar-refractivity contribution in [2.45, 2.75) is 12.4 Å². The molecule has 6 aromatic rings. The number of carboxylic acid groups (broad SMARTS) is 2. The van der Waals surface area contributed by atoms with Crippen LogP contribution in [0.1, 0.15) is 0 Å². The number of anilines is 2. The van der Waals surface area contributed by atoms with E-state index in [2.05, 4.69) is 4.90 Å². The number of phenols is 1. The molecule has 0 bridgehead atoms. The topological polar surface area (TPSA) is 159 Å². The van der Waals surface area contributed by atoms with E-state index < -0.39 is 24.3 Å². The van der Waals surface area contributed by atoms with Crippen molar-refractivity contribution in [1.29, 1.82) is 0 Å². The summed E-state index contributed by atoms with van der Waals surface area (Å²) in [6.07, 6.45) is -10.2. The molecule has 2 heterocycles. The minimum absolute atomic E-state index is 0.148. The van der Waals surface area contributed by atoms with Gasteiger partial charge in [0.2, 0.25) is 0 Å². The molecule has 0 spiro atoms. The first-order chi connectivity index (χ1) is 23.8. The van der Waals surface area contributed by atoms with Gasteiger partial charge in [0.05, 0.1) is 40.6 Å². The van der Waals surface area contributed by atoms with Gasteiger partial charge in [0.1, 0.15) is 11.5 Å². The minimum atomic E-state index is -5.08. The summed E-state index contributed by atoms with van der Waals surface area (Å²) in [4.78, 5) is 29.7. The van der Waals surface area contributed by atoms with Gasteiger partial charge in [-0.2, -0.15) is 26.3 Å². The summed E-state index contributed by atoms with van der Waals surface area (Å²) in [5.41, 5.74) is 11.0. The predicted molar refractivity (Wildman–Crippen MR) is 180 cm³/mol. The highest BCUT2D eigenvalue weighted by molar-refractivity contribution is 6.32. The van der Waals surface area contributed by atoms with Gasteiger partial charge in [-0.25, -0.2) is 19.6 Å². The highest BCUT2D eigenvalue weighted by atomic mass is 35.5. The molecular formula is C33H24Cl2F6N4O6. The van der Waals surface area contributed by atoms with Crippen molar-refractivity contribution in [3.63, 3.8) is 0 Å². The number of carbonyl (C=O) groups is 2. The van der Waals surface area contributed by atoms with Crippen molar-refractivity contribution in [2.24, 2.45) is 5.73 Å². The van der Waals surface area contributed by atoms with Crippen LogP contribution in [0.15, 0.2) is 72.8 Å². The van der Waals surface area contributed by atoms with Crippen molar-refractivity contribution in [1.82, 2.24) is 9.97 Å². The van der Waals surface area contributed by atoms with E-state index in [0.29, 0.717) is 28.9 Å². The first-order valence-electron chi connectivity index (χ1n) is 14.2. The monoisotopic (exact) mass is 756 g/mol.